The van der Waals surface area contributed by atoms with Gasteiger partial charge in [0, 0.05) is 31.6 Å². The van der Waals surface area contributed by atoms with E-state index in [0.717, 1.165) is 12.0 Å². The zero-order valence-corrected chi connectivity index (χ0v) is 18.4. The molecular weight excluding hydrogens is 385 g/mol. The summed E-state index contributed by atoms with van der Waals surface area (Å²) in [6.07, 6.45) is 1.28. The molecule has 0 saturated carbocycles. The molecule has 0 spiro atoms. The third kappa shape index (κ3) is 5.39. The first-order valence-corrected chi connectivity index (χ1v) is 10.6. The molecule has 6 nitrogen and oxygen atoms in total. The molecular formula is C23H32FN3O3. The maximum atomic E-state index is 14.6. The van der Waals surface area contributed by atoms with Crippen molar-refractivity contribution in [1.82, 2.24) is 10.1 Å². The average molecular weight is 418 g/mol. The van der Waals surface area contributed by atoms with Crippen LogP contribution in [-0.2, 0) is 16.1 Å². The first-order chi connectivity index (χ1) is 14.3. The van der Waals surface area contributed by atoms with Crippen LogP contribution in [0.3, 0.4) is 0 Å². The van der Waals surface area contributed by atoms with Gasteiger partial charge in [0.1, 0.15) is 11.5 Å². The van der Waals surface area contributed by atoms with Crippen molar-refractivity contribution in [2.45, 2.75) is 47.1 Å². The smallest absolute Gasteiger partial charge is 0.233 e. The van der Waals surface area contributed by atoms with Crippen LogP contribution < -0.4 is 4.90 Å². The summed E-state index contributed by atoms with van der Waals surface area (Å²) in [6.45, 7) is 11.7. The molecule has 164 valence electrons. The van der Waals surface area contributed by atoms with E-state index >= 15 is 0 Å². The Morgan fingerprint density at radius 1 is 1.23 bits per heavy atom. The monoisotopic (exact) mass is 417 g/mol. The lowest BCUT2D eigenvalue weighted by Gasteiger charge is -2.29. The summed E-state index contributed by atoms with van der Waals surface area (Å²) in [5.41, 5.74) is 1.48. The molecule has 7 heteroatoms. The zero-order valence-electron chi connectivity index (χ0n) is 18.4. The number of benzene rings is 1. The number of amides is 1. The second-order valence-electron chi connectivity index (χ2n) is 8.95. The number of nitrogens with zero attached hydrogens (tertiary/aromatic N) is 3. The van der Waals surface area contributed by atoms with Crippen LogP contribution in [-0.4, -0.2) is 48.8 Å². The molecule has 3 rings (SSSR count). The van der Waals surface area contributed by atoms with Gasteiger partial charge in [-0.1, -0.05) is 45.0 Å². The molecule has 2 heterocycles. The molecule has 1 aliphatic heterocycles. The highest BCUT2D eigenvalue weighted by molar-refractivity contribution is 5.78. The number of morpholine rings is 1. The normalized spacial score (nSPS) is 14.8. The summed E-state index contributed by atoms with van der Waals surface area (Å²) in [5.74, 6) is 0.322. The lowest BCUT2D eigenvalue weighted by atomic mass is 9.91. The minimum atomic E-state index is -0.358. The topological polar surface area (TPSA) is 58.8 Å². The number of ether oxygens (including phenoxy) is 1. The summed E-state index contributed by atoms with van der Waals surface area (Å²) >= 11 is 0. The number of hydrogen-bond donors (Lipinski definition) is 0. The fourth-order valence-electron chi connectivity index (χ4n) is 3.64. The summed E-state index contributed by atoms with van der Waals surface area (Å²) in [7, 11) is 0. The second-order valence-corrected chi connectivity index (χ2v) is 8.95. The van der Waals surface area contributed by atoms with Gasteiger partial charge >= 0.3 is 0 Å². The van der Waals surface area contributed by atoms with Crippen molar-refractivity contribution in [1.29, 1.82) is 0 Å². The van der Waals surface area contributed by atoms with Gasteiger partial charge in [0.05, 0.1) is 25.3 Å². The van der Waals surface area contributed by atoms with E-state index in [4.69, 9.17) is 9.26 Å². The number of anilines is 1. The van der Waals surface area contributed by atoms with E-state index in [0.29, 0.717) is 63.0 Å². The van der Waals surface area contributed by atoms with Crippen LogP contribution in [0.15, 0.2) is 28.8 Å². The Morgan fingerprint density at radius 3 is 2.57 bits per heavy atom. The van der Waals surface area contributed by atoms with Crippen LogP contribution >= 0.6 is 0 Å². The molecule has 0 N–H and O–H groups in total. The lowest BCUT2D eigenvalue weighted by Crippen LogP contribution is -2.38. The Hall–Kier alpha value is -2.41. The number of carbonyl (C=O) groups excluding carboxylic acids is 1. The molecule has 1 aromatic carbocycles. The number of carbonyl (C=O) groups is 1. The van der Waals surface area contributed by atoms with Gasteiger partial charge in [-0.2, -0.15) is 0 Å². The minimum absolute atomic E-state index is 0.0814. The third-order valence-electron chi connectivity index (χ3n) is 5.07. The van der Waals surface area contributed by atoms with E-state index in [-0.39, 0.29) is 17.1 Å². The summed E-state index contributed by atoms with van der Waals surface area (Å²) < 4.78 is 25.8. The molecule has 1 aromatic heterocycles. The molecule has 0 unspecified atom stereocenters. The van der Waals surface area contributed by atoms with Gasteiger partial charge in [-0.25, -0.2) is 4.39 Å². The highest BCUT2D eigenvalue weighted by Gasteiger charge is 2.29. The Kier molecular flexibility index (Phi) is 7.13. The van der Waals surface area contributed by atoms with Gasteiger partial charge in [0.25, 0.3) is 0 Å². The predicted molar refractivity (Wildman–Crippen MR) is 115 cm³/mol. The standard InChI is InChI=1S/C23H32FN3O3/c1-5-10-27(20(28)15-23(2,3)4)16-18-21(17-8-6-7-9-19(17)24)25-30-22(18)26-11-13-29-14-12-26/h6-9H,5,10-16H2,1-4H3. The van der Waals surface area contributed by atoms with Crippen LogP contribution in [0.4, 0.5) is 10.3 Å². The van der Waals surface area contributed by atoms with Gasteiger partial charge in [-0.3, -0.25) is 4.79 Å². The Balaban J connectivity index is 1.99. The molecule has 0 radical (unpaired) electrons. The Labute approximate surface area is 178 Å². The lowest BCUT2D eigenvalue weighted by molar-refractivity contribution is -0.133. The number of rotatable bonds is 7. The Morgan fingerprint density at radius 2 is 1.93 bits per heavy atom. The van der Waals surface area contributed by atoms with Crippen molar-refractivity contribution in [2.24, 2.45) is 5.41 Å². The molecule has 1 aliphatic rings. The van der Waals surface area contributed by atoms with Crippen molar-refractivity contribution in [3.63, 3.8) is 0 Å². The molecule has 0 aliphatic carbocycles. The van der Waals surface area contributed by atoms with Crippen molar-refractivity contribution in [3.05, 3.63) is 35.6 Å². The fourth-order valence-corrected chi connectivity index (χ4v) is 3.64. The van der Waals surface area contributed by atoms with E-state index in [1.54, 1.807) is 18.2 Å². The van der Waals surface area contributed by atoms with Gasteiger partial charge in [-0.15, -0.1) is 0 Å². The van der Waals surface area contributed by atoms with Crippen molar-refractivity contribution < 1.29 is 18.4 Å². The quantitative estimate of drug-likeness (QED) is 0.664. The van der Waals surface area contributed by atoms with Crippen LogP contribution in [0.2, 0.25) is 0 Å². The minimum Gasteiger partial charge on any atom is -0.378 e. The summed E-state index contributed by atoms with van der Waals surface area (Å²) in [5, 5.41) is 4.23. The Bertz CT molecular complexity index is 854. The molecule has 1 amide bonds. The van der Waals surface area contributed by atoms with Crippen LogP contribution in [0.1, 0.15) is 46.1 Å². The molecule has 30 heavy (non-hydrogen) atoms. The molecule has 0 atom stereocenters. The van der Waals surface area contributed by atoms with E-state index in [2.05, 4.69) is 30.8 Å². The summed E-state index contributed by atoms with van der Waals surface area (Å²) in [4.78, 5) is 16.9. The maximum Gasteiger partial charge on any atom is 0.233 e. The highest BCUT2D eigenvalue weighted by atomic mass is 19.1. The number of halogens is 1. The molecule has 1 fully saturated rings. The van der Waals surface area contributed by atoms with Crippen LogP contribution in [0.5, 0.6) is 0 Å². The number of hydrogen-bond acceptors (Lipinski definition) is 5. The van der Waals surface area contributed by atoms with Crippen LogP contribution in [0, 0.1) is 11.2 Å². The van der Waals surface area contributed by atoms with Crippen molar-refractivity contribution in [2.75, 3.05) is 37.7 Å². The van der Waals surface area contributed by atoms with Gasteiger partial charge < -0.3 is 19.1 Å². The first kappa shape index (κ1) is 22.3. The average Bonchev–Trinajstić information content (AvgIpc) is 3.10. The highest BCUT2D eigenvalue weighted by Crippen LogP contribution is 2.34. The zero-order chi connectivity index (χ0) is 21.7. The second kappa shape index (κ2) is 9.60. The van der Waals surface area contributed by atoms with E-state index in [1.807, 2.05) is 11.8 Å². The van der Waals surface area contributed by atoms with Gasteiger partial charge in [0.15, 0.2) is 0 Å². The van der Waals surface area contributed by atoms with Crippen LogP contribution in [0.25, 0.3) is 11.3 Å². The van der Waals surface area contributed by atoms with Crippen molar-refractivity contribution in [3.8, 4) is 11.3 Å². The first-order valence-electron chi connectivity index (χ1n) is 10.6. The largest absolute Gasteiger partial charge is 0.378 e. The molecule has 1 saturated heterocycles. The maximum absolute atomic E-state index is 14.6. The van der Waals surface area contributed by atoms with Gasteiger partial charge in [0.2, 0.25) is 11.8 Å². The van der Waals surface area contributed by atoms with Gasteiger partial charge in [-0.05, 0) is 24.0 Å². The van der Waals surface area contributed by atoms with E-state index in [9.17, 15) is 9.18 Å². The fraction of sp³-hybridized carbons (Fsp3) is 0.565. The number of aromatic nitrogens is 1. The van der Waals surface area contributed by atoms with Crippen molar-refractivity contribution >= 4 is 11.8 Å². The molecule has 2 aromatic rings. The summed E-state index contributed by atoms with van der Waals surface area (Å²) in [6, 6.07) is 6.54. The SMILES string of the molecule is CCCN(Cc1c(-c2ccccc2F)noc1N1CCOCC1)C(=O)CC(C)(C)C. The third-order valence-corrected chi connectivity index (χ3v) is 5.07. The molecule has 0 bridgehead atoms. The predicted octanol–water partition coefficient (Wildman–Crippen LogP) is 4.49. The van der Waals surface area contributed by atoms with E-state index in [1.165, 1.54) is 6.07 Å². The van der Waals surface area contributed by atoms with E-state index < -0.39 is 0 Å².